The molecule has 2 aromatic heterocycles. The standard InChI is InChI=1S/C14H15ClN6O4S/c15-13(7-22)10(23)9(20-21-16)14(24,11-18-4-5-19-11)12(25-13)26-8-2-1-3-17-6-8/h1-6,9-10,12,22-24H,7H2,(H,18,19)/t9-,10+,12+,13+,14-/m0/s1. The number of pyridine rings is 1. The van der Waals surface area contributed by atoms with E-state index in [1.165, 1.54) is 12.4 Å². The van der Waals surface area contributed by atoms with Crippen LogP contribution in [0.25, 0.3) is 10.4 Å². The Kier molecular flexibility index (Phi) is 5.39. The lowest BCUT2D eigenvalue weighted by Gasteiger charge is -2.50. The second-order valence-corrected chi connectivity index (χ2v) is 7.33. The van der Waals surface area contributed by atoms with E-state index in [0.29, 0.717) is 4.90 Å². The van der Waals surface area contributed by atoms with Crippen molar-refractivity contribution in [1.29, 1.82) is 0 Å². The maximum Gasteiger partial charge on any atom is 0.192 e. The molecule has 1 fully saturated rings. The molecule has 2 aromatic rings. The van der Waals surface area contributed by atoms with E-state index >= 15 is 0 Å². The monoisotopic (exact) mass is 398 g/mol. The van der Waals surface area contributed by atoms with Crippen molar-refractivity contribution in [3.8, 4) is 0 Å². The molecule has 26 heavy (non-hydrogen) atoms. The molecule has 0 amide bonds. The Labute approximate surface area is 156 Å². The molecule has 10 nitrogen and oxygen atoms in total. The van der Waals surface area contributed by atoms with E-state index in [1.54, 1.807) is 24.5 Å². The van der Waals surface area contributed by atoms with Crippen LogP contribution in [0.2, 0.25) is 0 Å². The Morgan fingerprint density at radius 2 is 2.31 bits per heavy atom. The van der Waals surface area contributed by atoms with Crippen LogP contribution in [0.1, 0.15) is 5.82 Å². The zero-order valence-corrected chi connectivity index (χ0v) is 14.7. The third kappa shape index (κ3) is 3.14. The summed E-state index contributed by atoms with van der Waals surface area (Å²) in [6.07, 6.45) is 4.28. The van der Waals surface area contributed by atoms with Crippen molar-refractivity contribution in [1.82, 2.24) is 15.0 Å². The number of imidazole rings is 1. The van der Waals surface area contributed by atoms with Gasteiger partial charge in [-0.05, 0) is 17.7 Å². The Balaban J connectivity index is 2.11. The van der Waals surface area contributed by atoms with E-state index in [0.717, 1.165) is 11.8 Å². The fourth-order valence-electron chi connectivity index (χ4n) is 2.68. The highest BCUT2D eigenvalue weighted by Gasteiger charge is 2.62. The number of aromatic nitrogens is 3. The van der Waals surface area contributed by atoms with Gasteiger partial charge in [-0.25, -0.2) is 4.98 Å². The predicted molar refractivity (Wildman–Crippen MR) is 92.1 cm³/mol. The highest BCUT2D eigenvalue weighted by molar-refractivity contribution is 7.99. The number of alkyl halides is 1. The highest BCUT2D eigenvalue weighted by atomic mass is 35.5. The number of rotatable bonds is 5. The third-order valence-corrected chi connectivity index (χ3v) is 5.62. The number of thioether (sulfide) groups is 1. The van der Waals surface area contributed by atoms with Crippen molar-refractivity contribution in [3.05, 3.63) is 53.2 Å². The predicted octanol–water partition coefficient (Wildman–Crippen LogP) is 1.11. The highest BCUT2D eigenvalue weighted by Crippen LogP contribution is 2.49. The Bertz CT molecular complexity index is 792. The molecule has 4 N–H and O–H groups in total. The van der Waals surface area contributed by atoms with Crippen LogP contribution in [-0.2, 0) is 10.3 Å². The largest absolute Gasteiger partial charge is 0.392 e. The van der Waals surface area contributed by atoms with Crippen LogP contribution in [-0.4, -0.2) is 59.5 Å². The number of nitrogens with one attached hydrogen (secondary N) is 1. The maximum absolute atomic E-state index is 11.4. The van der Waals surface area contributed by atoms with Crippen LogP contribution >= 0.6 is 23.4 Å². The summed E-state index contributed by atoms with van der Waals surface area (Å²) in [5.74, 6) is 0.0204. The molecule has 0 aromatic carbocycles. The normalized spacial score (nSPS) is 34.2. The smallest absolute Gasteiger partial charge is 0.192 e. The van der Waals surface area contributed by atoms with Gasteiger partial charge in [-0.1, -0.05) is 28.5 Å². The number of aliphatic hydroxyl groups excluding tert-OH is 2. The van der Waals surface area contributed by atoms with Gasteiger partial charge in [0.25, 0.3) is 0 Å². The molecule has 0 aliphatic carbocycles. The molecule has 5 atom stereocenters. The molecule has 0 radical (unpaired) electrons. The minimum absolute atomic E-state index is 0.0204. The molecule has 12 heteroatoms. The van der Waals surface area contributed by atoms with Crippen molar-refractivity contribution in [2.45, 2.75) is 33.1 Å². The number of azide groups is 1. The first-order valence-electron chi connectivity index (χ1n) is 7.44. The third-order valence-electron chi connectivity index (χ3n) is 4.00. The fourth-order valence-corrected chi connectivity index (χ4v) is 4.12. The number of aliphatic hydroxyl groups is 3. The molecular weight excluding hydrogens is 384 g/mol. The molecular formula is C14H15ClN6O4S. The average molecular weight is 399 g/mol. The van der Waals surface area contributed by atoms with Crippen LogP contribution in [0, 0.1) is 0 Å². The van der Waals surface area contributed by atoms with Gasteiger partial charge in [0.2, 0.25) is 0 Å². The van der Waals surface area contributed by atoms with Gasteiger partial charge in [0, 0.05) is 34.6 Å². The first kappa shape index (κ1) is 18.9. The minimum atomic E-state index is -2.05. The van der Waals surface area contributed by atoms with Gasteiger partial charge >= 0.3 is 0 Å². The van der Waals surface area contributed by atoms with E-state index in [2.05, 4.69) is 25.0 Å². The number of halogens is 1. The zero-order chi connectivity index (χ0) is 18.8. The van der Waals surface area contributed by atoms with Gasteiger partial charge < -0.3 is 25.0 Å². The summed E-state index contributed by atoms with van der Waals surface area (Å²) in [5.41, 5.74) is 5.70. The van der Waals surface area contributed by atoms with E-state index in [1.807, 2.05) is 0 Å². The summed E-state index contributed by atoms with van der Waals surface area (Å²) in [6.45, 7) is -0.772. The number of hydrogen-bond acceptors (Lipinski definition) is 8. The van der Waals surface area contributed by atoms with E-state index in [4.69, 9.17) is 21.9 Å². The number of aromatic amines is 1. The summed E-state index contributed by atoms with van der Waals surface area (Å²) in [4.78, 5) is 14.1. The molecule has 1 aliphatic rings. The lowest BCUT2D eigenvalue weighted by atomic mass is 9.85. The van der Waals surface area contributed by atoms with Gasteiger partial charge in [-0.15, -0.1) is 0 Å². The van der Waals surface area contributed by atoms with Crippen molar-refractivity contribution >= 4 is 23.4 Å². The SMILES string of the molecule is [N-]=[N+]=N[C@H]1[C@@H](O)[C@@](Cl)(CO)O[C@H](Sc2cccnc2)[C@@]1(O)c1ncc[nH]1. The number of ether oxygens (including phenoxy) is 1. The first-order valence-corrected chi connectivity index (χ1v) is 8.70. The summed E-state index contributed by atoms with van der Waals surface area (Å²) in [5, 5.41) is 33.1. The molecule has 0 spiro atoms. The lowest BCUT2D eigenvalue weighted by Crippen LogP contribution is -2.67. The van der Waals surface area contributed by atoms with Gasteiger partial charge in [0.15, 0.2) is 10.7 Å². The van der Waals surface area contributed by atoms with Gasteiger partial charge in [0.1, 0.15) is 23.4 Å². The number of H-pyrrole nitrogens is 1. The molecule has 3 rings (SSSR count). The quantitative estimate of drug-likeness (QED) is 0.254. The van der Waals surface area contributed by atoms with Crippen LogP contribution in [0.5, 0.6) is 0 Å². The van der Waals surface area contributed by atoms with Crippen LogP contribution in [0.15, 0.2) is 46.9 Å². The molecule has 0 bridgehead atoms. The summed E-state index contributed by atoms with van der Waals surface area (Å²) >= 11 is 7.25. The van der Waals surface area contributed by atoms with Crippen LogP contribution in [0.4, 0.5) is 0 Å². The first-order chi connectivity index (χ1) is 12.5. The van der Waals surface area contributed by atoms with Crippen molar-refractivity contribution in [2.75, 3.05) is 6.61 Å². The van der Waals surface area contributed by atoms with Crippen LogP contribution < -0.4 is 0 Å². The zero-order valence-electron chi connectivity index (χ0n) is 13.2. The Hall–Kier alpha value is -1.85. The fraction of sp³-hybridized carbons (Fsp3) is 0.429. The van der Waals surface area contributed by atoms with E-state index < -0.39 is 34.8 Å². The minimum Gasteiger partial charge on any atom is -0.392 e. The Morgan fingerprint density at radius 1 is 1.50 bits per heavy atom. The molecule has 1 saturated heterocycles. The average Bonchev–Trinajstić information content (AvgIpc) is 3.19. The molecule has 3 heterocycles. The summed E-state index contributed by atoms with van der Waals surface area (Å²) in [6, 6.07) is 1.94. The molecule has 0 unspecified atom stereocenters. The second-order valence-electron chi connectivity index (χ2n) is 5.56. The summed E-state index contributed by atoms with van der Waals surface area (Å²) < 4.78 is 5.66. The van der Waals surface area contributed by atoms with E-state index in [-0.39, 0.29) is 5.82 Å². The summed E-state index contributed by atoms with van der Waals surface area (Å²) in [7, 11) is 0. The molecule has 0 saturated carbocycles. The molecule has 1 aliphatic heterocycles. The van der Waals surface area contributed by atoms with Crippen molar-refractivity contribution in [3.63, 3.8) is 0 Å². The number of nitrogens with zero attached hydrogens (tertiary/aromatic N) is 5. The lowest BCUT2D eigenvalue weighted by molar-refractivity contribution is -0.229. The Morgan fingerprint density at radius 3 is 2.88 bits per heavy atom. The van der Waals surface area contributed by atoms with E-state index in [9.17, 15) is 15.3 Å². The topological polar surface area (TPSA) is 160 Å². The van der Waals surface area contributed by atoms with Crippen molar-refractivity contribution < 1.29 is 20.1 Å². The van der Waals surface area contributed by atoms with Crippen molar-refractivity contribution in [2.24, 2.45) is 5.11 Å². The molecule has 138 valence electrons. The maximum atomic E-state index is 11.4. The number of hydrogen-bond donors (Lipinski definition) is 4. The van der Waals surface area contributed by atoms with Gasteiger partial charge in [-0.3, -0.25) is 4.98 Å². The second kappa shape index (κ2) is 7.41. The van der Waals surface area contributed by atoms with Gasteiger partial charge in [-0.2, -0.15) is 0 Å². The van der Waals surface area contributed by atoms with Gasteiger partial charge in [0.05, 0.1) is 6.61 Å². The van der Waals surface area contributed by atoms with Crippen LogP contribution in [0.3, 0.4) is 0 Å².